The first kappa shape index (κ1) is 13.5. The number of halogens is 1. The summed E-state index contributed by atoms with van der Waals surface area (Å²) in [6.07, 6.45) is 0. The van der Waals surface area contributed by atoms with E-state index in [1.54, 1.807) is 0 Å². The van der Waals surface area contributed by atoms with Gasteiger partial charge in [0.15, 0.2) is 6.61 Å². The Labute approximate surface area is 108 Å². The Hall–Kier alpha value is -1.93. The second-order valence-electron chi connectivity index (χ2n) is 3.85. The van der Waals surface area contributed by atoms with E-state index in [0.717, 1.165) is 19.2 Å². The van der Waals surface area contributed by atoms with Crippen LogP contribution in [0.2, 0.25) is 0 Å². The smallest absolute Gasteiger partial charge is 0.466 e. The molecule has 1 aliphatic heterocycles. The number of hydrogen-bond donors (Lipinski definition) is 1. The number of hydrogen-bond acceptors (Lipinski definition) is 6. The molecule has 1 aliphatic rings. The number of rotatable bonds is 3. The van der Waals surface area contributed by atoms with E-state index in [2.05, 4.69) is 9.47 Å². The Balaban J connectivity index is 2.18. The van der Waals surface area contributed by atoms with Gasteiger partial charge in [-0.15, -0.1) is 0 Å². The molecule has 0 saturated heterocycles. The first-order valence-corrected chi connectivity index (χ1v) is 5.39. The molecule has 0 bridgehead atoms. The summed E-state index contributed by atoms with van der Waals surface area (Å²) in [4.78, 5) is 22.4. The standard InChI is InChI=1S/C11H10BFO6/c1-17-10(14)5-18-11(15)7-3-8-6(2-9(7)13)4-19-12(8)16/h2-3,16H,4-5H2,1H3. The predicted molar refractivity (Wildman–Crippen MR) is 61.1 cm³/mol. The van der Waals surface area contributed by atoms with Crippen molar-refractivity contribution in [2.75, 3.05) is 13.7 Å². The van der Waals surface area contributed by atoms with Crippen molar-refractivity contribution in [1.29, 1.82) is 0 Å². The molecule has 0 spiro atoms. The zero-order valence-electron chi connectivity index (χ0n) is 10.0. The maximum Gasteiger partial charge on any atom is 0.491 e. The third-order valence-electron chi connectivity index (χ3n) is 2.66. The average Bonchev–Trinajstić information content (AvgIpc) is 2.75. The highest BCUT2D eigenvalue weighted by Gasteiger charge is 2.30. The molecule has 1 aromatic rings. The van der Waals surface area contributed by atoms with E-state index in [1.165, 1.54) is 0 Å². The molecule has 8 heteroatoms. The normalized spacial score (nSPS) is 13.1. The van der Waals surface area contributed by atoms with Crippen molar-refractivity contribution in [3.63, 3.8) is 0 Å². The van der Waals surface area contributed by atoms with Crippen molar-refractivity contribution in [2.45, 2.75) is 6.61 Å². The lowest BCUT2D eigenvalue weighted by Crippen LogP contribution is -2.29. The van der Waals surface area contributed by atoms with E-state index in [0.29, 0.717) is 11.0 Å². The molecule has 100 valence electrons. The molecule has 0 saturated carbocycles. The molecule has 6 nitrogen and oxygen atoms in total. The summed E-state index contributed by atoms with van der Waals surface area (Å²) >= 11 is 0. The fraction of sp³-hybridized carbons (Fsp3) is 0.273. The summed E-state index contributed by atoms with van der Waals surface area (Å²) in [6, 6.07) is 2.25. The highest BCUT2D eigenvalue weighted by Crippen LogP contribution is 2.16. The van der Waals surface area contributed by atoms with Crippen LogP contribution in [0.5, 0.6) is 0 Å². The van der Waals surface area contributed by atoms with Crippen molar-refractivity contribution in [1.82, 2.24) is 0 Å². The van der Waals surface area contributed by atoms with Gasteiger partial charge in [0, 0.05) is 0 Å². The number of fused-ring (bicyclic) bond motifs is 1. The van der Waals surface area contributed by atoms with E-state index in [4.69, 9.17) is 4.65 Å². The molecule has 19 heavy (non-hydrogen) atoms. The van der Waals surface area contributed by atoms with Gasteiger partial charge in [0.25, 0.3) is 0 Å². The molecule has 0 fully saturated rings. The molecule has 1 aromatic carbocycles. The number of carbonyl (C=O) groups excluding carboxylic acids is 2. The Morgan fingerprint density at radius 2 is 2.26 bits per heavy atom. The van der Waals surface area contributed by atoms with Gasteiger partial charge in [0.2, 0.25) is 0 Å². The van der Waals surface area contributed by atoms with Crippen LogP contribution in [0.3, 0.4) is 0 Å². The van der Waals surface area contributed by atoms with Crippen LogP contribution in [0, 0.1) is 5.82 Å². The van der Waals surface area contributed by atoms with Crippen LogP contribution < -0.4 is 5.46 Å². The Morgan fingerprint density at radius 1 is 1.53 bits per heavy atom. The van der Waals surface area contributed by atoms with Crippen LogP contribution >= 0.6 is 0 Å². The number of esters is 2. The van der Waals surface area contributed by atoms with Crippen molar-refractivity contribution in [3.8, 4) is 0 Å². The molecule has 0 aromatic heterocycles. The van der Waals surface area contributed by atoms with E-state index < -0.39 is 31.5 Å². The Morgan fingerprint density at radius 3 is 2.95 bits per heavy atom. The van der Waals surface area contributed by atoms with Gasteiger partial charge in [0.1, 0.15) is 5.82 Å². The van der Waals surface area contributed by atoms with E-state index in [-0.39, 0.29) is 12.2 Å². The number of ether oxygens (including phenoxy) is 2. The van der Waals surface area contributed by atoms with Gasteiger partial charge in [-0.1, -0.05) is 0 Å². The van der Waals surface area contributed by atoms with Crippen LogP contribution in [0.1, 0.15) is 15.9 Å². The van der Waals surface area contributed by atoms with Gasteiger partial charge in [0.05, 0.1) is 19.3 Å². The highest BCUT2D eigenvalue weighted by atomic mass is 19.1. The lowest BCUT2D eigenvalue weighted by Gasteiger charge is -2.06. The van der Waals surface area contributed by atoms with Crippen molar-refractivity contribution in [3.05, 3.63) is 29.1 Å². The van der Waals surface area contributed by atoms with Gasteiger partial charge >= 0.3 is 19.1 Å². The minimum absolute atomic E-state index is 0.0743. The fourth-order valence-corrected chi connectivity index (χ4v) is 1.66. The minimum Gasteiger partial charge on any atom is -0.466 e. The Bertz CT molecular complexity index is 532. The first-order chi connectivity index (χ1) is 9.02. The van der Waals surface area contributed by atoms with Crippen LogP contribution in [0.25, 0.3) is 0 Å². The highest BCUT2D eigenvalue weighted by molar-refractivity contribution is 6.61. The van der Waals surface area contributed by atoms with Crippen molar-refractivity contribution in [2.24, 2.45) is 0 Å². The molecular formula is C11H10BFO6. The van der Waals surface area contributed by atoms with Crippen LogP contribution in [-0.2, 0) is 25.5 Å². The van der Waals surface area contributed by atoms with Crippen molar-refractivity contribution >= 4 is 24.5 Å². The quantitative estimate of drug-likeness (QED) is 0.580. The SMILES string of the molecule is COC(=O)COC(=O)c1cc2c(cc1F)COB2O. The molecule has 1 heterocycles. The minimum atomic E-state index is -1.19. The summed E-state index contributed by atoms with van der Waals surface area (Å²) in [5.41, 5.74) is 0.410. The van der Waals surface area contributed by atoms with Gasteiger partial charge < -0.3 is 19.2 Å². The lowest BCUT2D eigenvalue weighted by atomic mass is 9.78. The maximum absolute atomic E-state index is 13.7. The monoisotopic (exact) mass is 268 g/mol. The second kappa shape index (κ2) is 5.37. The summed E-state index contributed by atoms with van der Waals surface area (Å²) in [7, 11) is -0.0532. The van der Waals surface area contributed by atoms with Gasteiger partial charge in [-0.2, -0.15) is 0 Å². The van der Waals surface area contributed by atoms with Crippen LogP contribution in [-0.4, -0.2) is 37.8 Å². The zero-order chi connectivity index (χ0) is 14.0. The molecule has 0 aliphatic carbocycles. The zero-order valence-corrected chi connectivity index (χ0v) is 10.0. The third-order valence-corrected chi connectivity index (χ3v) is 2.66. The Kier molecular flexibility index (Phi) is 3.82. The van der Waals surface area contributed by atoms with Crippen LogP contribution in [0.15, 0.2) is 12.1 Å². The maximum atomic E-state index is 13.7. The number of carbonyl (C=O) groups is 2. The third kappa shape index (κ3) is 2.74. The van der Waals surface area contributed by atoms with Gasteiger partial charge in [-0.25, -0.2) is 14.0 Å². The van der Waals surface area contributed by atoms with E-state index in [9.17, 15) is 19.0 Å². The van der Waals surface area contributed by atoms with Gasteiger partial charge in [-0.05, 0) is 23.2 Å². The summed E-state index contributed by atoms with van der Waals surface area (Å²) in [5.74, 6) is -2.56. The largest absolute Gasteiger partial charge is 0.491 e. The molecule has 1 N–H and O–H groups in total. The summed E-state index contributed by atoms with van der Waals surface area (Å²) in [5, 5.41) is 9.46. The number of methoxy groups -OCH3 is 1. The first-order valence-electron chi connectivity index (χ1n) is 5.39. The lowest BCUT2D eigenvalue weighted by molar-refractivity contribution is -0.144. The van der Waals surface area contributed by atoms with Gasteiger partial charge in [-0.3, -0.25) is 0 Å². The summed E-state index contributed by atoms with van der Waals surface area (Å²) < 4.78 is 27.4. The molecule has 2 rings (SSSR count). The van der Waals surface area contributed by atoms with E-state index >= 15 is 0 Å². The molecule has 0 unspecified atom stereocenters. The molecule has 0 atom stereocenters. The fourth-order valence-electron chi connectivity index (χ4n) is 1.66. The topological polar surface area (TPSA) is 82.1 Å². The molecule has 0 amide bonds. The van der Waals surface area contributed by atoms with Crippen LogP contribution in [0.4, 0.5) is 4.39 Å². The summed E-state index contributed by atoms with van der Waals surface area (Å²) in [6.45, 7) is -0.532. The average molecular weight is 268 g/mol. The number of benzene rings is 1. The molecule has 0 radical (unpaired) electrons. The van der Waals surface area contributed by atoms with Crippen molar-refractivity contribution < 1.29 is 33.1 Å². The molecular weight excluding hydrogens is 258 g/mol. The van der Waals surface area contributed by atoms with E-state index in [1.807, 2.05) is 0 Å². The second-order valence-corrected chi connectivity index (χ2v) is 3.85. The predicted octanol–water partition coefficient (Wildman–Crippen LogP) is -0.627.